The van der Waals surface area contributed by atoms with E-state index in [0.717, 1.165) is 5.69 Å². The van der Waals surface area contributed by atoms with Crippen LogP contribution in [-0.4, -0.2) is 10.8 Å². The lowest BCUT2D eigenvalue weighted by molar-refractivity contribution is -0.112. The minimum absolute atomic E-state index is 0.0132. The molecule has 15 heavy (non-hydrogen) atoms. The second-order valence-electron chi connectivity index (χ2n) is 3.38. The summed E-state index contributed by atoms with van der Waals surface area (Å²) in [6, 6.07) is 5.66. The second-order valence-corrected chi connectivity index (χ2v) is 3.38. The van der Waals surface area contributed by atoms with Crippen molar-refractivity contribution in [3.8, 4) is 0 Å². The highest BCUT2D eigenvalue weighted by Gasteiger charge is 2.07. The number of pyridine rings is 1. The highest BCUT2D eigenvalue weighted by atomic mass is 16.5. The fraction of sp³-hybridized carbons (Fsp3) is 0.333. The smallest absolute Gasteiger partial charge is 0.155 e. The molecule has 0 spiro atoms. The molecule has 0 N–H and O–H groups in total. The predicted molar refractivity (Wildman–Crippen MR) is 58.2 cm³/mol. The number of carbonyl (C=O) groups is 1. The lowest BCUT2D eigenvalue weighted by Gasteiger charge is -2.13. The van der Waals surface area contributed by atoms with E-state index in [4.69, 9.17) is 4.74 Å². The zero-order valence-corrected chi connectivity index (χ0v) is 9.23. The van der Waals surface area contributed by atoms with E-state index in [1.165, 1.54) is 13.0 Å². The average molecular weight is 205 g/mol. The zero-order chi connectivity index (χ0) is 11.3. The number of hydrogen-bond donors (Lipinski definition) is 0. The maximum Gasteiger partial charge on any atom is 0.155 e. The second kappa shape index (κ2) is 5.29. The summed E-state index contributed by atoms with van der Waals surface area (Å²) in [4.78, 5) is 15.0. The molecule has 0 aromatic carbocycles. The molecule has 0 aliphatic rings. The molecule has 0 aliphatic heterocycles. The molecule has 0 amide bonds. The summed E-state index contributed by atoms with van der Waals surface area (Å²) in [5.74, 6) is 0.598. The number of ether oxygens (including phenoxy) is 1. The van der Waals surface area contributed by atoms with Crippen molar-refractivity contribution in [2.45, 2.75) is 26.9 Å². The van der Waals surface area contributed by atoms with Crippen LogP contribution in [0, 0.1) is 0 Å². The third-order valence-electron chi connectivity index (χ3n) is 1.87. The quantitative estimate of drug-likeness (QED) is 0.560. The molecule has 1 atom stereocenters. The molecule has 1 rings (SSSR count). The van der Waals surface area contributed by atoms with Crippen LogP contribution in [0.4, 0.5) is 0 Å². The maximum atomic E-state index is 10.8. The van der Waals surface area contributed by atoms with Gasteiger partial charge in [-0.25, -0.2) is 0 Å². The number of carbonyl (C=O) groups excluding carboxylic acids is 1. The normalized spacial score (nSPS) is 13.4. The van der Waals surface area contributed by atoms with Crippen LogP contribution in [0.2, 0.25) is 0 Å². The summed E-state index contributed by atoms with van der Waals surface area (Å²) in [6.45, 7) is 5.17. The first-order chi connectivity index (χ1) is 7.09. The SMILES string of the molecule is CC(=O)/C=C(\C)O[C@@H](C)c1ccccn1. The van der Waals surface area contributed by atoms with Gasteiger partial charge in [-0.05, 0) is 32.9 Å². The Morgan fingerprint density at radius 3 is 2.73 bits per heavy atom. The number of rotatable bonds is 4. The van der Waals surface area contributed by atoms with Crippen molar-refractivity contribution >= 4 is 5.78 Å². The third-order valence-corrected chi connectivity index (χ3v) is 1.87. The number of allylic oxidation sites excluding steroid dienone is 2. The van der Waals surface area contributed by atoms with Crippen molar-refractivity contribution in [2.24, 2.45) is 0 Å². The Labute approximate surface area is 89.8 Å². The molecule has 0 fully saturated rings. The molecular formula is C12H15NO2. The van der Waals surface area contributed by atoms with Gasteiger partial charge in [0.25, 0.3) is 0 Å². The lowest BCUT2D eigenvalue weighted by Crippen LogP contribution is -2.01. The highest BCUT2D eigenvalue weighted by molar-refractivity contribution is 5.87. The molecule has 3 nitrogen and oxygen atoms in total. The van der Waals surface area contributed by atoms with Gasteiger partial charge in [-0.1, -0.05) is 6.07 Å². The molecule has 1 heterocycles. The van der Waals surface area contributed by atoms with Gasteiger partial charge in [-0.2, -0.15) is 0 Å². The van der Waals surface area contributed by atoms with E-state index < -0.39 is 0 Å². The van der Waals surface area contributed by atoms with Crippen LogP contribution in [-0.2, 0) is 9.53 Å². The minimum atomic E-state index is -0.137. The van der Waals surface area contributed by atoms with Crippen LogP contribution in [0.25, 0.3) is 0 Å². The van der Waals surface area contributed by atoms with E-state index in [0.29, 0.717) is 5.76 Å². The Morgan fingerprint density at radius 2 is 2.20 bits per heavy atom. The average Bonchev–Trinajstić information content (AvgIpc) is 2.17. The van der Waals surface area contributed by atoms with Crippen LogP contribution in [0.3, 0.4) is 0 Å². The molecule has 0 saturated heterocycles. The molecule has 0 bridgehead atoms. The van der Waals surface area contributed by atoms with Gasteiger partial charge in [0.15, 0.2) is 5.78 Å². The third kappa shape index (κ3) is 3.94. The van der Waals surface area contributed by atoms with Crippen molar-refractivity contribution < 1.29 is 9.53 Å². The van der Waals surface area contributed by atoms with Gasteiger partial charge in [-0.15, -0.1) is 0 Å². The Bertz CT molecular complexity index is 357. The molecule has 0 radical (unpaired) electrons. The molecule has 1 aromatic rings. The van der Waals surface area contributed by atoms with Gasteiger partial charge in [0.2, 0.25) is 0 Å². The number of aromatic nitrogens is 1. The standard InChI is InChI=1S/C12H15NO2/c1-9(14)8-10(2)15-11(3)12-6-4-5-7-13-12/h4-8,11H,1-3H3/b10-8+/t11-/m0/s1. The largest absolute Gasteiger partial charge is 0.489 e. The van der Waals surface area contributed by atoms with Crippen LogP contribution < -0.4 is 0 Å². The molecule has 0 aliphatic carbocycles. The fourth-order valence-electron chi connectivity index (χ4n) is 1.28. The van der Waals surface area contributed by atoms with E-state index in [1.54, 1.807) is 13.1 Å². The molecular weight excluding hydrogens is 190 g/mol. The number of ketones is 1. The molecule has 3 heteroatoms. The van der Waals surface area contributed by atoms with E-state index in [2.05, 4.69) is 4.98 Å². The van der Waals surface area contributed by atoms with Gasteiger partial charge in [0.05, 0.1) is 11.5 Å². The van der Waals surface area contributed by atoms with Gasteiger partial charge in [0, 0.05) is 12.3 Å². The molecule has 0 saturated carbocycles. The van der Waals surface area contributed by atoms with E-state index in [1.807, 2.05) is 25.1 Å². The summed E-state index contributed by atoms with van der Waals surface area (Å²) in [5, 5.41) is 0. The summed E-state index contributed by atoms with van der Waals surface area (Å²) < 4.78 is 5.52. The van der Waals surface area contributed by atoms with E-state index in [-0.39, 0.29) is 11.9 Å². The summed E-state index contributed by atoms with van der Waals surface area (Å²) in [6.07, 6.45) is 3.06. The van der Waals surface area contributed by atoms with Crippen molar-refractivity contribution in [1.82, 2.24) is 4.98 Å². The first-order valence-corrected chi connectivity index (χ1v) is 4.86. The number of nitrogens with zero attached hydrogens (tertiary/aromatic N) is 1. The number of hydrogen-bond acceptors (Lipinski definition) is 3. The van der Waals surface area contributed by atoms with Gasteiger partial charge in [-0.3, -0.25) is 9.78 Å². The molecule has 1 aromatic heterocycles. The maximum absolute atomic E-state index is 10.8. The molecule has 0 unspecified atom stereocenters. The lowest BCUT2D eigenvalue weighted by atomic mass is 10.2. The van der Waals surface area contributed by atoms with Crippen molar-refractivity contribution in [1.29, 1.82) is 0 Å². The first kappa shape index (κ1) is 11.4. The summed E-state index contributed by atoms with van der Waals surface area (Å²) in [7, 11) is 0. The van der Waals surface area contributed by atoms with Gasteiger partial charge < -0.3 is 4.74 Å². The van der Waals surface area contributed by atoms with E-state index in [9.17, 15) is 4.79 Å². The van der Waals surface area contributed by atoms with Crippen LogP contribution in [0.1, 0.15) is 32.6 Å². The minimum Gasteiger partial charge on any atom is -0.489 e. The first-order valence-electron chi connectivity index (χ1n) is 4.86. The Morgan fingerprint density at radius 1 is 1.47 bits per heavy atom. The van der Waals surface area contributed by atoms with Crippen LogP contribution in [0.15, 0.2) is 36.2 Å². The van der Waals surface area contributed by atoms with Gasteiger partial charge >= 0.3 is 0 Å². The fourth-order valence-corrected chi connectivity index (χ4v) is 1.28. The monoisotopic (exact) mass is 205 g/mol. The van der Waals surface area contributed by atoms with Crippen molar-refractivity contribution in [2.75, 3.05) is 0 Å². The van der Waals surface area contributed by atoms with E-state index >= 15 is 0 Å². The van der Waals surface area contributed by atoms with Crippen molar-refractivity contribution in [3.05, 3.63) is 41.9 Å². The Hall–Kier alpha value is -1.64. The van der Waals surface area contributed by atoms with Crippen LogP contribution in [0.5, 0.6) is 0 Å². The topological polar surface area (TPSA) is 39.2 Å². The van der Waals surface area contributed by atoms with Gasteiger partial charge in [0.1, 0.15) is 6.10 Å². The highest BCUT2D eigenvalue weighted by Crippen LogP contribution is 2.16. The summed E-state index contributed by atoms with van der Waals surface area (Å²) >= 11 is 0. The Kier molecular flexibility index (Phi) is 4.03. The zero-order valence-electron chi connectivity index (χ0n) is 9.23. The van der Waals surface area contributed by atoms with Crippen molar-refractivity contribution in [3.63, 3.8) is 0 Å². The van der Waals surface area contributed by atoms with Crippen LogP contribution >= 0.6 is 0 Å². The molecule has 80 valence electrons. The summed E-state index contributed by atoms with van der Waals surface area (Å²) in [5.41, 5.74) is 0.855. The predicted octanol–water partition coefficient (Wildman–Crippen LogP) is 2.65. The Balaban J connectivity index is 2.64.